The van der Waals surface area contributed by atoms with E-state index in [1.165, 1.54) is 24.3 Å². The highest BCUT2D eigenvalue weighted by molar-refractivity contribution is 9.28. The molecule has 29 heavy (non-hydrogen) atoms. The van der Waals surface area contributed by atoms with Crippen LogP contribution in [0.3, 0.4) is 0 Å². The molecule has 2 aromatic rings. The largest absolute Gasteiger partial charge is 0.440 e. The van der Waals surface area contributed by atoms with E-state index in [1.807, 2.05) is 26.0 Å². The van der Waals surface area contributed by atoms with Gasteiger partial charge in [-0.2, -0.15) is 5.26 Å². The monoisotopic (exact) mass is 522 g/mol. The highest BCUT2D eigenvalue weighted by Crippen LogP contribution is 2.60. The van der Waals surface area contributed by atoms with Gasteiger partial charge in [0.1, 0.15) is 17.6 Å². The summed E-state index contributed by atoms with van der Waals surface area (Å²) >= 11 is 6.62. The lowest BCUT2D eigenvalue weighted by atomic mass is 10.1. The van der Waals surface area contributed by atoms with Gasteiger partial charge in [-0.1, -0.05) is 26.0 Å². The summed E-state index contributed by atoms with van der Waals surface area (Å²) in [5.41, 5.74) is -0.00196. The molecule has 1 aromatic heterocycles. The number of pyridine rings is 1. The van der Waals surface area contributed by atoms with Crippen molar-refractivity contribution in [3.05, 3.63) is 63.4 Å². The maximum Gasteiger partial charge on any atom is 0.311 e. The predicted octanol–water partition coefficient (Wildman–Crippen LogP) is 6.02. The zero-order chi connectivity index (χ0) is 21.2. The van der Waals surface area contributed by atoms with Crippen LogP contribution < -0.4 is 4.74 Å². The van der Waals surface area contributed by atoms with Gasteiger partial charge in [-0.15, -0.1) is 0 Å². The molecule has 0 spiro atoms. The van der Waals surface area contributed by atoms with E-state index >= 15 is 0 Å². The second-order valence-electron chi connectivity index (χ2n) is 7.18. The van der Waals surface area contributed by atoms with Crippen molar-refractivity contribution in [2.75, 3.05) is 0 Å². The lowest BCUT2D eigenvalue weighted by molar-refractivity contribution is -0.149. The Hall–Kier alpha value is -2.24. The van der Waals surface area contributed by atoms with E-state index in [-0.39, 0.29) is 34.6 Å². The highest BCUT2D eigenvalue weighted by Gasteiger charge is 2.61. The number of esters is 1. The summed E-state index contributed by atoms with van der Waals surface area (Å²) in [6.45, 7) is 3.94. The second kappa shape index (κ2) is 8.64. The Bertz CT molecular complexity index is 982. The first-order valence-electron chi connectivity index (χ1n) is 8.75. The molecule has 0 radical (unpaired) electrons. The second-order valence-corrected chi connectivity index (χ2v) is 9.96. The van der Waals surface area contributed by atoms with Gasteiger partial charge in [0, 0.05) is 6.07 Å². The summed E-state index contributed by atoms with van der Waals surface area (Å²) in [5, 5.41) is 9.51. The van der Waals surface area contributed by atoms with E-state index in [9.17, 15) is 14.4 Å². The van der Waals surface area contributed by atoms with Crippen LogP contribution in [0.15, 0.2) is 51.9 Å². The number of hydrogen-bond acceptors (Lipinski definition) is 5. The molecule has 1 heterocycles. The van der Waals surface area contributed by atoms with Gasteiger partial charge in [-0.3, -0.25) is 4.79 Å². The minimum absolute atomic E-state index is 0.00389. The zero-order valence-corrected chi connectivity index (χ0v) is 18.8. The topological polar surface area (TPSA) is 72.2 Å². The first-order chi connectivity index (χ1) is 13.7. The third-order valence-electron chi connectivity index (χ3n) is 4.87. The number of benzene rings is 1. The molecule has 0 amide bonds. The molecule has 8 heteroatoms. The molecule has 1 aromatic carbocycles. The van der Waals surface area contributed by atoms with Gasteiger partial charge >= 0.3 is 5.97 Å². The van der Waals surface area contributed by atoms with Crippen molar-refractivity contribution in [3.63, 3.8) is 0 Å². The fourth-order valence-electron chi connectivity index (χ4n) is 3.17. The molecule has 0 bridgehead atoms. The van der Waals surface area contributed by atoms with E-state index in [2.05, 4.69) is 36.8 Å². The molecular weight excluding hydrogens is 507 g/mol. The van der Waals surface area contributed by atoms with Gasteiger partial charge in [0.2, 0.25) is 12.0 Å². The average Bonchev–Trinajstić information content (AvgIpc) is 3.21. The van der Waals surface area contributed by atoms with Gasteiger partial charge in [-0.25, -0.2) is 9.37 Å². The Morgan fingerprint density at radius 2 is 1.97 bits per heavy atom. The predicted molar refractivity (Wildman–Crippen MR) is 112 cm³/mol. The Labute approximate surface area is 184 Å². The molecule has 0 aliphatic heterocycles. The van der Waals surface area contributed by atoms with E-state index in [1.54, 1.807) is 18.2 Å². The third kappa shape index (κ3) is 5.03. The maximum absolute atomic E-state index is 13.0. The summed E-state index contributed by atoms with van der Waals surface area (Å²) in [4.78, 5) is 16.9. The van der Waals surface area contributed by atoms with E-state index in [0.717, 1.165) is 3.39 Å². The fourth-order valence-corrected chi connectivity index (χ4v) is 3.74. The molecule has 1 saturated carbocycles. The SMILES string of the molecule is CC1(C)[C@H](C(=O)OC(C#N)c2cccc(Oc3ccc(F)cc3)n2)[C@@H]1C=C(Br)Br. The molecule has 1 aliphatic carbocycles. The maximum atomic E-state index is 13.0. The molecule has 1 unspecified atom stereocenters. The van der Waals surface area contributed by atoms with Crippen LogP contribution in [0.1, 0.15) is 25.6 Å². The average molecular weight is 524 g/mol. The van der Waals surface area contributed by atoms with Crippen molar-refractivity contribution in [3.8, 4) is 17.7 Å². The van der Waals surface area contributed by atoms with Crippen LogP contribution >= 0.6 is 31.9 Å². The quantitative estimate of drug-likeness (QED) is 0.432. The van der Waals surface area contributed by atoms with Crippen LogP contribution in [0.2, 0.25) is 0 Å². The number of allylic oxidation sites excluding steroid dienone is 1. The number of nitriles is 1. The Balaban J connectivity index is 1.72. The van der Waals surface area contributed by atoms with E-state index in [4.69, 9.17) is 9.47 Å². The smallest absolute Gasteiger partial charge is 0.311 e. The number of rotatable bonds is 6. The van der Waals surface area contributed by atoms with Gasteiger partial charge in [0.25, 0.3) is 0 Å². The summed E-state index contributed by atoms with van der Waals surface area (Å²) in [6, 6.07) is 12.3. The van der Waals surface area contributed by atoms with Crippen molar-refractivity contribution >= 4 is 37.8 Å². The Morgan fingerprint density at radius 1 is 1.28 bits per heavy atom. The van der Waals surface area contributed by atoms with Crippen molar-refractivity contribution in [1.29, 1.82) is 5.26 Å². The first kappa shape index (κ1) is 21.5. The third-order valence-corrected chi connectivity index (χ3v) is 5.40. The van der Waals surface area contributed by atoms with E-state index in [0.29, 0.717) is 5.75 Å². The van der Waals surface area contributed by atoms with Crippen molar-refractivity contribution in [2.45, 2.75) is 20.0 Å². The number of carbonyl (C=O) groups is 1. The summed E-state index contributed by atoms with van der Waals surface area (Å²) in [7, 11) is 0. The molecule has 3 rings (SSSR count). The Morgan fingerprint density at radius 3 is 2.59 bits per heavy atom. The number of aromatic nitrogens is 1. The molecule has 3 atom stereocenters. The van der Waals surface area contributed by atoms with Crippen molar-refractivity contribution in [2.24, 2.45) is 17.3 Å². The fraction of sp³-hybridized carbons (Fsp3) is 0.286. The Kier molecular flexibility index (Phi) is 6.39. The van der Waals surface area contributed by atoms with Crippen LogP contribution in [0.25, 0.3) is 0 Å². The molecular formula is C21H17Br2FN2O3. The lowest BCUT2D eigenvalue weighted by Crippen LogP contribution is -2.15. The molecule has 5 nitrogen and oxygen atoms in total. The van der Waals surface area contributed by atoms with Crippen molar-refractivity contribution < 1.29 is 18.7 Å². The van der Waals surface area contributed by atoms with Crippen LogP contribution in [-0.2, 0) is 9.53 Å². The molecule has 150 valence electrons. The summed E-state index contributed by atoms with van der Waals surface area (Å²) in [6.07, 6.45) is 0.746. The first-order valence-corrected chi connectivity index (χ1v) is 10.3. The zero-order valence-electron chi connectivity index (χ0n) is 15.6. The van der Waals surface area contributed by atoms with Gasteiger partial charge in [-0.05, 0) is 73.5 Å². The van der Waals surface area contributed by atoms with E-state index < -0.39 is 12.1 Å². The van der Waals surface area contributed by atoms with Gasteiger partial charge < -0.3 is 9.47 Å². The number of hydrogen-bond donors (Lipinski definition) is 0. The molecule has 1 aliphatic rings. The minimum Gasteiger partial charge on any atom is -0.440 e. The highest BCUT2D eigenvalue weighted by atomic mass is 79.9. The normalized spacial score (nSPS) is 20.1. The minimum atomic E-state index is -1.16. The van der Waals surface area contributed by atoms with Crippen LogP contribution in [0, 0.1) is 34.4 Å². The van der Waals surface area contributed by atoms with Crippen LogP contribution in [0.4, 0.5) is 4.39 Å². The standard InChI is InChI=1S/C21H17Br2FN2O3/c1-21(2)14(10-17(22)23)19(21)20(27)29-16(11-25)15-4-3-5-18(26-15)28-13-8-6-12(24)7-9-13/h3-10,14,16,19H,1-2H3/t14-,16?,19-/m0/s1. The molecule has 1 fully saturated rings. The number of carbonyl (C=O) groups excluding carboxylic acids is 1. The van der Waals surface area contributed by atoms with Crippen LogP contribution in [0.5, 0.6) is 11.6 Å². The van der Waals surface area contributed by atoms with Crippen LogP contribution in [-0.4, -0.2) is 11.0 Å². The van der Waals surface area contributed by atoms with Gasteiger partial charge in [0.05, 0.1) is 15.0 Å². The molecule has 0 saturated heterocycles. The number of nitrogens with zero attached hydrogens (tertiary/aromatic N) is 2. The number of halogens is 3. The summed E-state index contributed by atoms with van der Waals surface area (Å²) in [5.74, 6) is -0.557. The molecule has 0 N–H and O–H groups in total. The van der Waals surface area contributed by atoms with Gasteiger partial charge in [0.15, 0.2) is 0 Å². The lowest BCUT2D eigenvalue weighted by Gasteiger charge is -2.12. The summed E-state index contributed by atoms with van der Waals surface area (Å²) < 4.78 is 24.8. The van der Waals surface area contributed by atoms with Crippen molar-refractivity contribution in [1.82, 2.24) is 4.98 Å². The number of ether oxygens (including phenoxy) is 2.